The number of nitrogens with zero attached hydrogens (tertiary/aromatic N) is 4. The van der Waals surface area contributed by atoms with E-state index in [-0.39, 0.29) is 58.4 Å². The van der Waals surface area contributed by atoms with Gasteiger partial charge in [-0.1, -0.05) is 0 Å². The van der Waals surface area contributed by atoms with Crippen molar-refractivity contribution in [2.45, 2.75) is 27.3 Å². The van der Waals surface area contributed by atoms with Crippen molar-refractivity contribution in [1.82, 2.24) is 19.5 Å². The molecule has 3 heterocycles. The van der Waals surface area contributed by atoms with Gasteiger partial charge >= 0.3 is 0 Å². The standard InChI is InChI=1S/C14H19N4O4P.V.W/c1-10-6-21-23(19,22-12(10)3)9-20-5-4-18-8-17-13-11(2)15-7-16-14(13)18;;/h6-8,10H,4-5,9H2,1-3H3;;/q-2;;/i5T;;. The molecule has 1 aliphatic rings. The van der Waals surface area contributed by atoms with Crippen molar-refractivity contribution in [3.05, 3.63) is 31.1 Å². The molecule has 25 heavy (non-hydrogen) atoms. The second-order valence-electron chi connectivity index (χ2n) is 5.33. The van der Waals surface area contributed by atoms with Crippen LogP contribution in [0.3, 0.4) is 0 Å². The van der Waals surface area contributed by atoms with Gasteiger partial charge in [-0.3, -0.25) is 10.5 Å². The summed E-state index contributed by atoms with van der Waals surface area (Å²) in [5.41, 5.74) is 2.09. The molecule has 0 amide bonds. The van der Waals surface area contributed by atoms with Crippen LogP contribution in [0, 0.1) is 25.6 Å². The van der Waals surface area contributed by atoms with E-state index in [1.165, 1.54) is 12.9 Å². The second-order valence-corrected chi connectivity index (χ2v) is 7.21. The monoisotopic (exact) mass is 575 g/mol. The van der Waals surface area contributed by atoms with Gasteiger partial charge in [0.15, 0.2) is 5.65 Å². The minimum atomic E-state index is -3.39. The van der Waals surface area contributed by atoms with E-state index in [4.69, 9.17) is 15.2 Å². The quantitative estimate of drug-likeness (QED) is 0.401. The molecule has 1 fully saturated rings. The maximum absolute atomic E-state index is 12.4. The van der Waals surface area contributed by atoms with Gasteiger partial charge in [-0.2, -0.15) is 6.92 Å². The third-order valence-electron chi connectivity index (χ3n) is 3.56. The number of fused-ring (bicyclic) bond motifs is 1. The minimum absolute atomic E-state index is 0. The van der Waals surface area contributed by atoms with Crippen molar-refractivity contribution in [3.8, 4) is 0 Å². The first kappa shape index (κ1) is 21.2. The molecule has 3 atom stereocenters. The molecule has 8 nitrogen and oxygen atoms in total. The molecule has 0 bridgehead atoms. The Bertz CT molecular complexity index is 782. The summed E-state index contributed by atoms with van der Waals surface area (Å²) in [5, 5.41) is 0. The van der Waals surface area contributed by atoms with E-state index in [0.29, 0.717) is 17.3 Å². The zero-order chi connectivity index (χ0) is 17.3. The third kappa shape index (κ3) is 5.46. The summed E-state index contributed by atoms with van der Waals surface area (Å²) in [6.07, 6.45) is 3.36. The number of aryl methyl sites for hydroxylation is 2. The van der Waals surface area contributed by atoms with Gasteiger partial charge < -0.3 is 18.4 Å². The molecule has 3 rings (SSSR count). The van der Waals surface area contributed by atoms with Crippen LogP contribution in [0.15, 0.2) is 12.7 Å². The van der Waals surface area contributed by atoms with Gasteiger partial charge in [0.05, 0.1) is 20.0 Å². The SMILES string of the molecule is [3H]C(Cn1cnc2c(C)ncnc21)OCP1(=O)O[CH-]C(C)[C-](C)O1.[V].[W]. The average molecular weight is 575 g/mol. The number of rotatable bonds is 5. The Morgan fingerprint density at radius 3 is 3.00 bits per heavy atom. The van der Waals surface area contributed by atoms with E-state index in [2.05, 4.69) is 15.0 Å². The van der Waals surface area contributed by atoms with E-state index >= 15 is 0 Å². The summed E-state index contributed by atoms with van der Waals surface area (Å²) in [6, 6.07) is 0. The molecular weight excluding hydrogens is 554 g/mol. The molecule has 1 aliphatic heterocycles. The molecule has 11 heteroatoms. The third-order valence-corrected chi connectivity index (χ3v) is 5.03. The largest absolute Gasteiger partial charge is 0.488 e. The van der Waals surface area contributed by atoms with Crippen LogP contribution in [0.4, 0.5) is 0 Å². The molecular formula is C14H19N4O4PVW-2. The van der Waals surface area contributed by atoms with Gasteiger partial charge in [0.1, 0.15) is 18.2 Å². The van der Waals surface area contributed by atoms with E-state index in [0.717, 1.165) is 5.69 Å². The van der Waals surface area contributed by atoms with Crippen LogP contribution in [-0.2, 0) is 64.5 Å². The van der Waals surface area contributed by atoms with Crippen LogP contribution in [0.5, 0.6) is 0 Å². The maximum Gasteiger partial charge on any atom is 0.296 e. The van der Waals surface area contributed by atoms with Gasteiger partial charge in [-0.05, 0) is 6.92 Å². The zero-order valence-corrected chi connectivity index (χ0v) is 19.3. The van der Waals surface area contributed by atoms with E-state index in [9.17, 15) is 4.57 Å². The smallest absolute Gasteiger partial charge is 0.296 e. The topological polar surface area (TPSA) is 88.4 Å². The molecule has 0 spiro atoms. The van der Waals surface area contributed by atoms with Gasteiger partial charge in [-0.25, -0.2) is 27.7 Å². The second kappa shape index (κ2) is 9.75. The predicted octanol–water partition coefficient (Wildman–Crippen LogP) is 2.69. The van der Waals surface area contributed by atoms with Crippen molar-refractivity contribution in [2.75, 3.05) is 12.9 Å². The number of hydrogen-bond donors (Lipinski definition) is 0. The first-order valence-corrected chi connectivity index (χ1v) is 8.91. The molecule has 0 N–H and O–H groups in total. The first-order chi connectivity index (χ1) is 11.4. The van der Waals surface area contributed by atoms with E-state index in [1.807, 2.05) is 13.8 Å². The molecule has 0 aliphatic carbocycles. The van der Waals surface area contributed by atoms with E-state index in [1.54, 1.807) is 17.8 Å². The Morgan fingerprint density at radius 1 is 1.52 bits per heavy atom. The van der Waals surface area contributed by atoms with Crippen molar-refractivity contribution < 1.29 is 59.3 Å². The number of ether oxygens (including phenoxy) is 1. The van der Waals surface area contributed by atoms with Crippen molar-refractivity contribution >= 4 is 18.8 Å². The molecule has 0 saturated carbocycles. The van der Waals surface area contributed by atoms with Crippen molar-refractivity contribution in [3.63, 3.8) is 0 Å². The summed E-state index contributed by atoms with van der Waals surface area (Å²) < 4.78 is 38.0. The normalized spacial score (nSPS) is 25.7. The zero-order valence-electron chi connectivity index (χ0n) is 15.0. The molecule has 3 unspecified atom stereocenters. The Hall–Kier alpha value is -0.0673. The summed E-state index contributed by atoms with van der Waals surface area (Å²) in [7, 11) is -3.39. The Morgan fingerprint density at radius 2 is 2.28 bits per heavy atom. The van der Waals surface area contributed by atoms with Crippen molar-refractivity contribution in [2.24, 2.45) is 5.92 Å². The maximum atomic E-state index is 12.4. The van der Waals surface area contributed by atoms with Crippen LogP contribution >= 0.6 is 7.60 Å². The Balaban J connectivity index is 0.00000169. The van der Waals surface area contributed by atoms with Gasteiger partial charge in [-0.15, -0.1) is 6.92 Å². The fourth-order valence-corrected chi connectivity index (χ4v) is 3.49. The average Bonchev–Trinajstić information content (AvgIpc) is 2.94. The minimum Gasteiger partial charge on any atom is -0.488 e. The van der Waals surface area contributed by atoms with Crippen LogP contribution in [0.1, 0.15) is 20.9 Å². The fourth-order valence-electron chi connectivity index (χ4n) is 2.07. The van der Waals surface area contributed by atoms with Gasteiger partial charge in [0, 0.05) is 46.2 Å². The van der Waals surface area contributed by atoms with Crippen LogP contribution in [0.25, 0.3) is 11.2 Å². The molecule has 0 aromatic carbocycles. The fraction of sp³-hybridized carbons (Fsp3) is 0.500. The van der Waals surface area contributed by atoms with Gasteiger partial charge in [0.2, 0.25) is 0 Å². The molecule has 1 radical (unpaired) electrons. The molecule has 137 valence electrons. The summed E-state index contributed by atoms with van der Waals surface area (Å²) in [4.78, 5) is 12.5. The van der Waals surface area contributed by atoms with E-state index < -0.39 is 14.2 Å². The summed E-state index contributed by atoms with van der Waals surface area (Å²) in [5.74, 6) is -0.0286. The van der Waals surface area contributed by atoms with Crippen LogP contribution in [-0.4, -0.2) is 32.4 Å². The first-order valence-electron chi connectivity index (χ1n) is 7.76. The molecule has 2 aromatic heterocycles. The summed E-state index contributed by atoms with van der Waals surface area (Å²) >= 11 is 0. The van der Waals surface area contributed by atoms with Crippen LogP contribution < -0.4 is 0 Å². The number of aromatic nitrogens is 4. The molecule has 1 saturated heterocycles. The van der Waals surface area contributed by atoms with Crippen molar-refractivity contribution in [1.29, 1.82) is 0 Å². The Kier molecular flexibility index (Phi) is 8.28. The number of imidazole rings is 1. The molecule has 2 aromatic rings. The predicted molar refractivity (Wildman–Crippen MR) is 83.0 cm³/mol. The Labute approximate surface area is 174 Å². The summed E-state index contributed by atoms with van der Waals surface area (Å²) in [6.45, 7) is 6.17. The van der Waals surface area contributed by atoms with Crippen LogP contribution in [0.2, 0.25) is 0 Å². The van der Waals surface area contributed by atoms with Gasteiger partial charge in [0.25, 0.3) is 7.60 Å². The number of hydrogen-bond acceptors (Lipinski definition) is 7.